The average molecular weight is 703 g/mol. The predicted octanol–water partition coefficient (Wildman–Crippen LogP) is 4.19. The number of carbonyl (C=O) groups excluding carboxylic acids is 6. The first-order valence-corrected chi connectivity index (χ1v) is 17.1. The lowest BCUT2D eigenvalue weighted by Gasteiger charge is -2.37. The number of nitrogens with zero attached hydrogens (tertiary/aromatic N) is 1. The van der Waals surface area contributed by atoms with Gasteiger partial charge in [0.15, 0.2) is 0 Å². The van der Waals surface area contributed by atoms with Gasteiger partial charge in [-0.15, -0.1) is 0 Å². The van der Waals surface area contributed by atoms with Crippen molar-refractivity contribution in [2.75, 3.05) is 13.1 Å². The van der Waals surface area contributed by atoms with Gasteiger partial charge >= 0.3 is 18.2 Å². The Hall–Kier alpha value is -3.39. The number of ether oxygens (including phenoxy) is 2. The third kappa shape index (κ3) is 11.3. The molecule has 49 heavy (non-hydrogen) atoms. The summed E-state index contributed by atoms with van der Waals surface area (Å²) in [5.41, 5.74) is -1.98. The molecule has 1 unspecified atom stereocenters. The van der Waals surface area contributed by atoms with Crippen LogP contribution in [-0.2, 0) is 33.4 Å². The molecule has 3 N–H and O–H groups in total. The van der Waals surface area contributed by atoms with E-state index in [1.165, 1.54) is 4.90 Å². The van der Waals surface area contributed by atoms with Crippen LogP contribution >= 0.6 is 0 Å². The predicted molar refractivity (Wildman–Crippen MR) is 172 cm³/mol. The maximum absolute atomic E-state index is 14.2. The maximum atomic E-state index is 14.2. The summed E-state index contributed by atoms with van der Waals surface area (Å²) in [7, 11) is 0. The fourth-order valence-electron chi connectivity index (χ4n) is 7.03. The van der Waals surface area contributed by atoms with E-state index in [1.807, 2.05) is 13.8 Å². The number of ketones is 1. The molecule has 12 nitrogen and oxygen atoms in total. The summed E-state index contributed by atoms with van der Waals surface area (Å²) in [5, 5.41) is 7.32. The minimum atomic E-state index is -4.68. The summed E-state index contributed by atoms with van der Waals surface area (Å²) in [6.45, 7) is 13.7. The number of nitrogens with one attached hydrogen (secondary N) is 3. The molecule has 3 rings (SSSR count). The number of alkyl halides is 3. The Morgan fingerprint density at radius 3 is 2.02 bits per heavy atom. The van der Waals surface area contributed by atoms with Gasteiger partial charge < -0.3 is 30.3 Å². The standard InChI is InChI=1S/C34H53F3N4O8/c1-31(2,3)48-22(42)15-17-38-28(45)26(43)21(14-16-34(35,36)37)39-27(44)25-23-20(33(23,7)8)18-41(25)29(46)24(19-12-10-9-11-13-19)40-30(47)49-32(4,5)6/h19-21,23-25H,9-18H2,1-8H3,(H,38,45)(H,39,44)(H,40,47)/t20-,21?,23-,24-,25-/m0/s1. The van der Waals surface area contributed by atoms with E-state index >= 15 is 0 Å². The van der Waals surface area contributed by atoms with Crippen molar-refractivity contribution in [3.8, 4) is 0 Å². The molecule has 1 aliphatic heterocycles. The second-order valence-corrected chi connectivity index (χ2v) is 16.1. The number of rotatable bonds is 12. The molecule has 1 heterocycles. The van der Waals surface area contributed by atoms with E-state index in [0.29, 0.717) is 12.8 Å². The second-order valence-electron chi connectivity index (χ2n) is 16.1. The van der Waals surface area contributed by atoms with E-state index in [-0.39, 0.29) is 42.7 Å². The van der Waals surface area contributed by atoms with E-state index in [4.69, 9.17) is 9.47 Å². The maximum Gasteiger partial charge on any atom is 0.408 e. The van der Waals surface area contributed by atoms with Crippen LogP contribution in [0.4, 0.5) is 18.0 Å². The van der Waals surface area contributed by atoms with E-state index in [2.05, 4.69) is 16.0 Å². The van der Waals surface area contributed by atoms with Gasteiger partial charge in [-0.1, -0.05) is 33.1 Å². The van der Waals surface area contributed by atoms with E-state index in [9.17, 15) is 41.9 Å². The summed E-state index contributed by atoms with van der Waals surface area (Å²) in [6, 6.07) is -3.98. The molecule has 2 saturated carbocycles. The molecule has 0 aromatic heterocycles. The number of amides is 4. The zero-order valence-corrected chi connectivity index (χ0v) is 29.9. The molecule has 0 aromatic carbocycles. The first-order valence-electron chi connectivity index (χ1n) is 17.1. The minimum absolute atomic E-state index is 0.0961. The smallest absolute Gasteiger partial charge is 0.408 e. The molecule has 278 valence electrons. The van der Waals surface area contributed by atoms with Gasteiger partial charge in [0.2, 0.25) is 17.6 Å². The van der Waals surface area contributed by atoms with Crippen molar-refractivity contribution in [3.05, 3.63) is 0 Å². The number of hydrogen-bond donors (Lipinski definition) is 3. The monoisotopic (exact) mass is 702 g/mol. The first kappa shape index (κ1) is 40.0. The molecule has 0 bridgehead atoms. The third-order valence-electron chi connectivity index (χ3n) is 9.43. The van der Waals surface area contributed by atoms with E-state index in [1.54, 1.807) is 41.5 Å². The van der Waals surface area contributed by atoms with Gasteiger partial charge in [-0.25, -0.2) is 4.79 Å². The fourth-order valence-corrected chi connectivity index (χ4v) is 7.03. The Labute approximate surface area is 286 Å². The molecular weight excluding hydrogens is 649 g/mol. The Balaban J connectivity index is 1.81. The molecule has 3 aliphatic rings. The van der Waals surface area contributed by atoms with Gasteiger partial charge in [-0.05, 0) is 84.0 Å². The Morgan fingerprint density at radius 1 is 0.878 bits per heavy atom. The van der Waals surface area contributed by atoms with Crippen LogP contribution in [0.2, 0.25) is 0 Å². The van der Waals surface area contributed by atoms with Gasteiger partial charge in [-0.3, -0.25) is 24.0 Å². The van der Waals surface area contributed by atoms with Crippen LogP contribution in [-0.4, -0.2) is 89.1 Å². The Morgan fingerprint density at radius 2 is 1.47 bits per heavy atom. The van der Waals surface area contributed by atoms with Crippen LogP contribution in [0.1, 0.15) is 107 Å². The second kappa shape index (κ2) is 15.2. The number of hydrogen-bond acceptors (Lipinski definition) is 8. The van der Waals surface area contributed by atoms with Gasteiger partial charge in [0.05, 0.1) is 12.5 Å². The lowest BCUT2D eigenvalue weighted by Crippen LogP contribution is -2.60. The van der Waals surface area contributed by atoms with Crippen LogP contribution < -0.4 is 16.0 Å². The van der Waals surface area contributed by atoms with Gasteiger partial charge in [0.1, 0.15) is 23.3 Å². The van der Waals surface area contributed by atoms with Crippen molar-refractivity contribution < 1.29 is 51.4 Å². The van der Waals surface area contributed by atoms with Gasteiger partial charge in [0.25, 0.3) is 5.91 Å². The summed E-state index contributed by atoms with van der Waals surface area (Å²) in [6.07, 6.45) is -4.07. The molecule has 2 aliphatic carbocycles. The lowest BCUT2D eigenvalue weighted by molar-refractivity contribution is -0.155. The van der Waals surface area contributed by atoms with Crippen LogP contribution in [0, 0.1) is 23.2 Å². The summed E-state index contributed by atoms with van der Waals surface area (Å²) < 4.78 is 50.4. The molecule has 1 saturated heterocycles. The molecule has 5 atom stereocenters. The van der Waals surface area contributed by atoms with E-state index in [0.717, 1.165) is 19.3 Å². The number of piperidine rings is 1. The van der Waals surface area contributed by atoms with Crippen LogP contribution in [0.25, 0.3) is 0 Å². The number of fused-ring (bicyclic) bond motifs is 1. The zero-order chi connectivity index (χ0) is 37.1. The molecule has 3 fully saturated rings. The van der Waals surface area contributed by atoms with Crippen LogP contribution in [0.3, 0.4) is 0 Å². The minimum Gasteiger partial charge on any atom is -0.460 e. The van der Waals surface area contributed by atoms with Crippen LogP contribution in [0.5, 0.6) is 0 Å². The highest BCUT2D eigenvalue weighted by atomic mass is 19.4. The van der Waals surface area contributed by atoms with E-state index < -0.39 is 83.9 Å². The molecule has 0 spiro atoms. The van der Waals surface area contributed by atoms with Crippen molar-refractivity contribution >= 4 is 35.6 Å². The number of carbonyl (C=O) groups is 6. The Bertz CT molecular complexity index is 1270. The number of Topliss-reactive ketones (excluding diaryl/α,β-unsaturated/α-hetero) is 1. The number of esters is 1. The zero-order valence-electron chi connectivity index (χ0n) is 29.9. The number of halogens is 3. The van der Waals surface area contributed by atoms with Crippen molar-refractivity contribution in [2.45, 2.75) is 142 Å². The first-order chi connectivity index (χ1) is 22.4. The highest BCUT2D eigenvalue weighted by Gasteiger charge is 2.69. The topological polar surface area (TPSA) is 160 Å². The molecular formula is C34H53F3N4O8. The van der Waals surface area contributed by atoms with Crippen molar-refractivity contribution in [3.63, 3.8) is 0 Å². The third-order valence-corrected chi connectivity index (χ3v) is 9.43. The van der Waals surface area contributed by atoms with Crippen molar-refractivity contribution in [1.29, 1.82) is 0 Å². The SMILES string of the molecule is CC(C)(C)OC(=O)CCNC(=O)C(=O)C(CCC(F)(F)F)NC(=O)[C@@H]1[C@@H]2[C@H](CN1C(=O)[C@@H](NC(=O)OC(C)(C)C)C1CCCCC1)C2(C)C. The summed E-state index contributed by atoms with van der Waals surface area (Å²) >= 11 is 0. The van der Waals surface area contributed by atoms with Gasteiger partial charge in [-0.2, -0.15) is 13.2 Å². The molecule has 0 aromatic rings. The number of alkyl carbamates (subject to hydrolysis) is 1. The molecule has 15 heteroatoms. The van der Waals surface area contributed by atoms with Gasteiger partial charge in [0, 0.05) is 19.5 Å². The van der Waals surface area contributed by atoms with Crippen molar-refractivity contribution in [2.24, 2.45) is 23.2 Å². The van der Waals surface area contributed by atoms with Crippen LogP contribution in [0.15, 0.2) is 0 Å². The largest absolute Gasteiger partial charge is 0.460 e. The lowest BCUT2D eigenvalue weighted by atomic mass is 9.83. The quantitative estimate of drug-likeness (QED) is 0.202. The Kier molecular flexibility index (Phi) is 12.5. The molecule has 4 amide bonds. The number of likely N-dealkylation sites (tertiary alicyclic amines) is 1. The normalized spacial score (nSPS) is 23.4. The molecule has 0 radical (unpaired) electrons. The average Bonchev–Trinajstić information content (AvgIpc) is 3.27. The fraction of sp³-hybridized carbons (Fsp3) is 0.824. The summed E-state index contributed by atoms with van der Waals surface area (Å²) in [5.74, 6) is -5.25. The van der Waals surface area contributed by atoms with Crippen molar-refractivity contribution in [1.82, 2.24) is 20.9 Å². The summed E-state index contributed by atoms with van der Waals surface area (Å²) in [4.78, 5) is 80.3. The highest BCUT2D eigenvalue weighted by Crippen LogP contribution is 2.65. The highest BCUT2D eigenvalue weighted by molar-refractivity contribution is 6.38.